The number of anilines is 1. The topological polar surface area (TPSA) is 51.1 Å². The average Bonchev–Trinajstić information content (AvgIpc) is 2.81. The first-order chi connectivity index (χ1) is 10.6. The van der Waals surface area contributed by atoms with Gasteiger partial charge in [0.05, 0.1) is 16.0 Å². The molecule has 0 saturated carbocycles. The minimum absolute atomic E-state index is 0.00175. The van der Waals surface area contributed by atoms with E-state index < -0.39 is 0 Å². The number of fused-ring (bicyclic) bond motifs is 1. The van der Waals surface area contributed by atoms with Crippen molar-refractivity contribution in [2.24, 2.45) is 7.05 Å². The first-order valence-electron chi connectivity index (χ1n) is 6.71. The van der Waals surface area contributed by atoms with E-state index in [9.17, 15) is 9.59 Å². The van der Waals surface area contributed by atoms with Crippen LogP contribution in [-0.4, -0.2) is 16.2 Å². The molecule has 0 fully saturated rings. The number of hydrogen-bond acceptors (Lipinski definition) is 4. The third-order valence-corrected chi connectivity index (χ3v) is 5.20. The lowest BCUT2D eigenvalue weighted by Crippen LogP contribution is -2.13. The number of carbonyl (C=O) groups is 1. The molecule has 0 aliphatic rings. The molecule has 0 radical (unpaired) electrons. The number of aryl methyl sites for hydroxylation is 1. The molecule has 6 heteroatoms. The third-order valence-electron chi connectivity index (χ3n) is 3.19. The van der Waals surface area contributed by atoms with Crippen molar-refractivity contribution in [2.75, 3.05) is 11.1 Å². The van der Waals surface area contributed by atoms with Crippen molar-refractivity contribution in [1.29, 1.82) is 0 Å². The summed E-state index contributed by atoms with van der Waals surface area (Å²) in [6, 6.07) is 15.3. The molecule has 1 amide bonds. The van der Waals surface area contributed by atoms with Crippen LogP contribution in [0.15, 0.2) is 58.2 Å². The number of amides is 1. The molecule has 0 saturated heterocycles. The highest BCUT2D eigenvalue weighted by Crippen LogP contribution is 2.22. The zero-order valence-corrected chi connectivity index (χ0v) is 13.5. The van der Waals surface area contributed by atoms with Gasteiger partial charge in [-0.1, -0.05) is 29.5 Å². The van der Waals surface area contributed by atoms with Crippen LogP contribution in [0.3, 0.4) is 0 Å². The first-order valence-corrected chi connectivity index (χ1v) is 8.51. The van der Waals surface area contributed by atoms with E-state index in [-0.39, 0.29) is 10.8 Å². The quantitative estimate of drug-likeness (QED) is 0.747. The summed E-state index contributed by atoms with van der Waals surface area (Å²) < 4.78 is 2.48. The zero-order chi connectivity index (χ0) is 15.5. The van der Waals surface area contributed by atoms with Gasteiger partial charge in [0.1, 0.15) is 0 Å². The van der Waals surface area contributed by atoms with Crippen molar-refractivity contribution in [3.8, 4) is 0 Å². The van der Waals surface area contributed by atoms with Crippen LogP contribution >= 0.6 is 23.1 Å². The molecule has 22 heavy (non-hydrogen) atoms. The number of hydrogen-bond donors (Lipinski definition) is 1. The lowest BCUT2D eigenvalue weighted by molar-refractivity contribution is -0.113. The van der Waals surface area contributed by atoms with Crippen molar-refractivity contribution in [2.45, 2.75) is 4.90 Å². The van der Waals surface area contributed by atoms with Gasteiger partial charge in [0, 0.05) is 17.6 Å². The molecular formula is C16H14N2O2S2. The SMILES string of the molecule is Cn1c(=O)sc2cc(NC(=O)CSc3ccccc3)ccc21. The maximum atomic E-state index is 12.0. The smallest absolute Gasteiger partial charge is 0.307 e. The molecule has 0 aliphatic heterocycles. The van der Waals surface area contributed by atoms with Crippen LogP contribution in [0.2, 0.25) is 0 Å². The second-order valence-corrected chi connectivity index (χ2v) is 6.80. The second kappa shape index (κ2) is 6.37. The van der Waals surface area contributed by atoms with Crippen molar-refractivity contribution in [3.05, 3.63) is 58.2 Å². The summed E-state index contributed by atoms with van der Waals surface area (Å²) in [5.74, 6) is 0.295. The van der Waals surface area contributed by atoms with Gasteiger partial charge in [-0.2, -0.15) is 0 Å². The van der Waals surface area contributed by atoms with Crippen molar-refractivity contribution in [1.82, 2.24) is 4.57 Å². The van der Waals surface area contributed by atoms with Gasteiger partial charge in [-0.25, -0.2) is 0 Å². The van der Waals surface area contributed by atoms with Gasteiger partial charge in [0.25, 0.3) is 0 Å². The minimum atomic E-state index is -0.0588. The Hall–Kier alpha value is -2.05. The zero-order valence-electron chi connectivity index (χ0n) is 11.9. The third kappa shape index (κ3) is 3.23. The number of thioether (sulfide) groups is 1. The summed E-state index contributed by atoms with van der Waals surface area (Å²) in [5.41, 5.74) is 1.60. The first kappa shape index (κ1) is 14.9. The van der Waals surface area contributed by atoms with E-state index in [2.05, 4.69) is 5.32 Å². The van der Waals surface area contributed by atoms with E-state index in [1.54, 1.807) is 11.6 Å². The van der Waals surface area contributed by atoms with Gasteiger partial charge in [0.2, 0.25) is 5.91 Å². The predicted molar refractivity (Wildman–Crippen MR) is 92.9 cm³/mol. The lowest BCUT2D eigenvalue weighted by atomic mass is 10.3. The highest BCUT2D eigenvalue weighted by Gasteiger charge is 2.07. The fourth-order valence-electron chi connectivity index (χ4n) is 2.07. The van der Waals surface area contributed by atoms with Crippen LogP contribution in [-0.2, 0) is 11.8 Å². The molecule has 1 aromatic heterocycles. The molecular weight excluding hydrogens is 316 g/mol. The molecule has 1 heterocycles. The van der Waals surface area contributed by atoms with Gasteiger partial charge in [0.15, 0.2) is 0 Å². The van der Waals surface area contributed by atoms with Gasteiger partial charge in [-0.05, 0) is 30.3 Å². The number of thiazole rings is 1. The van der Waals surface area contributed by atoms with Gasteiger partial charge < -0.3 is 9.88 Å². The summed E-state index contributed by atoms with van der Waals surface area (Å²) in [5, 5.41) is 2.87. The summed E-state index contributed by atoms with van der Waals surface area (Å²) in [4.78, 5) is 24.7. The molecule has 4 nitrogen and oxygen atoms in total. The Morgan fingerprint density at radius 1 is 1.23 bits per heavy atom. The van der Waals surface area contributed by atoms with E-state index in [0.717, 1.165) is 15.1 Å². The van der Waals surface area contributed by atoms with E-state index in [1.165, 1.54) is 23.1 Å². The van der Waals surface area contributed by atoms with Crippen molar-refractivity contribution < 1.29 is 4.79 Å². The Balaban J connectivity index is 1.67. The lowest BCUT2D eigenvalue weighted by Gasteiger charge is -2.05. The van der Waals surface area contributed by atoms with E-state index in [1.807, 2.05) is 48.5 Å². The van der Waals surface area contributed by atoms with Crippen molar-refractivity contribution in [3.63, 3.8) is 0 Å². The highest BCUT2D eigenvalue weighted by atomic mass is 32.2. The fourth-order valence-corrected chi connectivity index (χ4v) is 3.71. The number of nitrogens with zero attached hydrogens (tertiary/aromatic N) is 1. The predicted octanol–water partition coefficient (Wildman–Crippen LogP) is 3.33. The molecule has 0 unspecified atom stereocenters. The molecule has 1 N–H and O–H groups in total. The molecule has 3 rings (SSSR count). The number of nitrogens with one attached hydrogen (secondary N) is 1. The van der Waals surface area contributed by atoms with Crippen LogP contribution in [0.1, 0.15) is 0 Å². The Bertz CT molecular complexity index is 869. The molecule has 0 spiro atoms. The average molecular weight is 330 g/mol. The van der Waals surface area contributed by atoms with E-state index in [0.29, 0.717) is 11.4 Å². The Morgan fingerprint density at radius 3 is 2.77 bits per heavy atom. The summed E-state index contributed by atoms with van der Waals surface area (Å²) in [6.07, 6.45) is 0. The van der Waals surface area contributed by atoms with Crippen molar-refractivity contribution >= 4 is 44.9 Å². The van der Waals surface area contributed by atoms with E-state index in [4.69, 9.17) is 0 Å². The van der Waals surface area contributed by atoms with E-state index >= 15 is 0 Å². The van der Waals surface area contributed by atoms with Crippen LogP contribution < -0.4 is 10.2 Å². The molecule has 0 aliphatic carbocycles. The number of carbonyl (C=O) groups excluding carboxylic acids is 1. The standard InChI is InChI=1S/C16H14N2O2S2/c1-18-13-8-7-11(9-14(13)22-16(18)20)17-15(19)10-21-12-5-3-2-4-6-12/h2-9H,10H2,1H3,(H,17,19). The second-order valence-electron chi connectivity index (χ2n) is 4.76. The normalized spacial score (nSPS) is 10.8. The molecule has 112 valence electrons. The number of rotatable bonds is 4. The number of aromatic nitrogens is 1. The summed E-state index contributed by atoms with van der Waals surface area (Å²) in [7, 11) is 1.75. The largest absolute Gasteiger partial charge is 0.325 e. The maximum absolute atomic E-state index is 12.0. The Kier molecular flexibility index (Phi) is 4.31. The molecule has 2 aromatic carbocycles. The molecule has 0 atom stereocenters. The fraction of sp³-hybridized carbons (Fsp3) is 0.125. The highest BCUT2D eigenvalue weighted by molar-refractivity contribution is 8.00. The Labute approximate surface area is 135 Å². The van der Waals surface area contributed by atoms with Crippen LogP contribution in [0.4, 0.5) is 5.69 Å². The monoisotopic (exact) mass is 330 g/mol. The Morgan fingerprint density at radius 2 is 2.00 bits per heavy atom. The summed E-state index contributed by atoms with van der Waals surface area (Å²) >= 11 is 2.68. The van der Waals surface area contributed by atoms with Gasteiger partial charge in [-0.3, -0.25) is 9.59 Å². The summed E-state index contributed by atoms with van der Waals surface area (Å²) in [6.45, 7) is 0. The number of benzene rings is 2. The van der Waals surface area contributed by atoms with Crippen LogP contribution in [0.5, 0.6) is 0 Å². The van der Waals surface area contributed by atoms with Gasteiger partial charge in [-0.15, -0.1) is 11.8 Å². The molecule has 3 aromatic rings. The van der Waals surface area contributed by atoms with Crippen LogP contribution in [0.25, 0.3) is 10.2 Å². The van der Waals surface area contributed by atoms with Crippen LogP contribution in [0, 0.1) is 0 Å². The molecule has 0 bridgehead atoms. The minimum Gasteiger partial charge on any atom is -0.325 e. The maximum Gasteiger partial charge on any atom is 0.307 e. The van der Waals surface area contributed by atoms with Gasteiger partial charge >= 0.3 is 4.87 Å².